The lowest BCUT2D eigenvalue weighted by molar-refractivity contribution is 0.382. The lowest BCUT2D eigenvalue weighted by Crippen LogP contribution is -1.94. The first-order valence-electron chi connectivity index (χ1n) is 5.88. The number of hydrogen-bond acceptors (Lipinski definition) is 3. The first-order chi connectivity index (χ1) is 9.28. The number of allylic oxidation sites excluding steroid dienone is 1. The largest absolute Gasteiger partial charge is 0.460 e. The molecule has 2 rings (SSSR count). The van der Waals surface area contributed by atoms with Crippen molar-refractivity contribution in [2.45, 2.75) is 6.42 Å². The standard InChI is InChI=1S/C15H15O3P/c1-2-6-13-9-11-15(12-10-13)18-19(16)17-14-7-4-3-5-8-14/h2-5,7-12,16H,1,6H2. The van der Waals surface area contributed by atoms with Gasteiger partial charge >= 0.3 is 8.60 Å². The van der Waals surface area contributed by atoms with Crippen LogP contribution in [-0.2, 0) is 6.42 Å². The molecule has 0 saturated heterocycles. The molecule has 0 spiro atoms. The summed E-state index contributed by atoms with van der Waals surface area (Å²) in [5, 5.41) is 0. The fourth-order valence-electron chi connectivity index (χ4n) is 1.53. The predicted molar refractivity (Wildman–Crippen MR) is 77.2 cm³/mol. The third-order valence-corrected chi connectivity index (χ3v) is 3.15. The normalized spacial score (nSPS) is 11.6. The van der Waals surface area contributed by atoms with Crippen LogP contribution in [0.15, 0.2) is 67.3 Å². The van der Waals surface area contributed by atoms with Gasteiger partial charge in [0.2, 0.25) is 0 Å². The molecule has 0 heterocycles. The van der Waals surface area contributed by atoms with Crippen LogP contribution >= 0.6 is 8.60 Å². The van der Waals surface area contributed by atoms with Crippen molar-refractivity contribution in [1.29, 1.82) is 0 Å². The highest BCUT2D eigenvalue weighted by atomic mass is 31.2. The van der Waals surface area contributed by atoms with Crippen molar-refractivity contribution in [1.82, 2.24) is 0 Å². The Morgan fingerprint density at radius 1 is 0.947 bits per heavy atom. The van der Waals surface area contributed by atoms with Crippen LogP contribution in [0.25, 0.3) is 0 Å². The molecule has 1 unspecified atom stereocenters. The van der Waals surface area contributed by atoms with Crippen molar-refractivity contribution >= 4 is 8.60 Å². The molecule has 0 bridgehead atoms. The van der Waals surface area contributed by atoms with Crippen molar-refractivity contribution in [3.63, 3.8) is 0 Å². The second-order valence-corrected chi connectivity index (χ2v) is 4.71. The molecule has 0 aliphatic carbocycles. The zero-order chi connectivity index (χ0) is 13.5. The van der Waals surface area contributed by atoms with Gasteiger partial charge < -0.3 is 13.9 Å². The van der Waals surface area contributed by atoms with Gasteiger partial charge in [-0.25, -0.2) is 0 Å². The predicted octanol–water partition coefficient (Wildman–Crippen LogP) is 4.09. The minimum atomic E-state index is -1.97. The van der Waals surface area contributed by atoms with Crippen molar-refractivity contribution in [3.8, 4) is 11.5 Å². The van der Waals surface area contributed by atoms with Gasteiger partial charge in [-0.05, 0) is 36.2 Å². The van der Waals surface area contributed by atoms with Crippen LogP contribution in [-0.4, -0.2) is 4.89 Å². The van der Waals surface area contributed by atoms with E-state index in [1.165, 1.54) is 0 Å². The molecular weight excluding hydrogens is 259 g/mol. The van der Waals surface area contributed by atoms with Crippen LogP contribution in [0.5, 0.6) is 11.5 Å². The quantitative estimate of drug-likeness (QED) is 0.637. The van der Waals surface area contributed by atoms with E-state index in [2.05, 4.69) is 6.58 Å². The Kier molecular flexibility index (Phi) is 4.96. The van der Waals surface area contributed by atoms with Gasteiger partial charge in [0.25, 0.3) is 0 Å². The Bertz CT molecular complexity index is 511. The van der Waals surface area contributed by atoms with E-state index in [-0.39, 0.29) is 0 Å². The van der Waals surface area contributed by atoms with Gasteiger partial charge in [-0.15, -0.1) is 6.58 Å². The van der Waals surface area contributed by atoms with E-state index in [0.717, 1.165) is 12.0 Å². The molecule has 0 fully saturated rings. The first-order valence-corrected chi connectivity index (χ1v) is 7.01. The smallest absolute Gasteiger partial charge is 0.418 e. The highest BCUT2D eigenvalue weighted by Gasteiger charge is 2.10. The maximum absolute atomic E-state index is 9.73. The average molecular weight is 274 g/mol. The molecule has 3 nitrogen and oxygen atoms in total. The molecule has 0 aliphatic heterocycles. The fourth-order valence-corrected chi connectivity index (χ4v) is 2.17. The summed E-state index contributed by atoms with van der Waals surface area (Å²) in [6.45, 7) is 3.69. The molecule has 0 aliphatic rings. The van der Waals surface area contributed by atoms with Crippen molar-refractivity contribution in [2.24, 2.45) is 0 Å². The monoisotopic (exact) mass is 274 g/mol. The Morgan fingerprint density at radius 3 is 2.11 bits per heavy atom. The molecule has 98 valence electrons. The molecule has 19 heavy (non-hydrogen) atoms. The molecule has 2 aromatic rings. The maximum Gasteiger partial charge on any atom is 0.460 e. The van der Waals surface area contributed by atoms with Crippen LogP contribution in [0.1, 0.15) is 5.56 Å². The van der Waals surface area contributed by atoms with Crippen molar-refractivity contribution < 1.29 is 13.9 Å². The van der Waals surface area contributed by atoms with Crippen molar-refractivity contribution in [3.05, 3.63) is 72.8 Å². The summed E-state index contributed by atoms with van der Waals surface area (Å²) in [4.78, 5) is 9.73. The molecule has 0 aromatic heterocycles. The summed E-state index contributed by atoms with van der Waals surface area (Å²) in [6, 6.07) is 16.6. The Morgan fingerprint density at radius 2 is 1.53 bits per heavy atom. The topological polar surface area (TPSA) is 38.7 Å². The SMILES string of the molecule is C=CCc1ccc(OP(O)Oc2ccccc2)cc1. The van der Waals surface area contributed by atoms with E-state index >= 15 is 0 Å². The summed E-state index contributed by atoms with van der Waals surface area (Å²) >= 11 is 0. The molecule has 0 amide bonds. The minimum Gasteiger partial charge on any atom is -0.418 e. The summed E-state index contributed by atoms with van der Waals surface area (Å²) in [5.74, 6) is 1.16. The molecule has 0 saturated carbocycles. The second kappa shape index (κ2) is 6.93. The van der Waals surface area contributed by atoms with Gasteiger partial charge in [-0.2, -0.15) is 0 Å². The summed E-state index contributed by atoms with van der Waals surface area (Å²) < 4.78 is 10.6. The number of rotatable bonds is 6. The molecular formula is C15H15O3P. The fraction of sp³-hybridized carbons (Fsp3) is 0.0667. The second-order valence-electron chi connectivity index (χ2n) is 3.87. The van der Waals surface area contributed by atoms with Gasteiger partial charge in [0.15, 0.2) is 0 Å². The lowest BCUT2D eigenvalue weighted by Gasteiger charge is -2.12. The van der Waals surface area contributed by atoms with E-state index in [4.69, 9.17) is 9.05 Å². The minimum absolute atomic E-state index is 0.581. The van der Waals surface area contributed by atoms with Crippen LogP contribution in [0.3, 0.4) is 0 Å². The van der Waals surface area contributed by atoms with Gasteiger partial charge in [-0.3, -0.25) is 0 Å². The first kappa shape index (κ1) is 13.6. The molecule has 1 N–H and O–H groups in total. The van der Waals surface area contributed by atoms with E-state index in [1.807, 2.05) is 36.4 Å². The molecule has 2 aromatic carbocycles. The zero-order valence-corrected chi connectivity index (χ0v) is 11.3. The number of benzene rings is 2. The molecule has 1 atom stereocenters. The average Bonchev–Trinajstić information content (AvgIpc) is 2.42. The lowest BCUT2D eigenvalue weighted by atomic mass is 10.1. The number of hydrogen-bond donors (Lipinski definition) is 1. The summed E-state index contributed by atoms with van der Waals surface area (Å²) in [5.41, 5.74) is 1.15. The van der Waals surface area contributed by atoms with Crippen LogP contribution in [0.2, 0.25) is 0 Å². The summed E-state index contributed by atoms with van der Waals surface area (Å²) in [6.07, 6.45) is 2.65. The van der Waals surface area contributed by atoms with Gasteiger partial charge in [0.1, 0.15) is 11.5 Å². The Balaban J connectivity index is 1.91. The van der Waals surface area contributed by atoms with E-state index < -0.39 is 8.60 Å². The van der Waals surface area contributed by atoms with Gasteiger partial charge in [0, 0.05) is 0 Å². The molecule has 0 radical (unpaired) electrons. The van der Waals surface area contributed by atoms with Crippen LogP contribution < -0.4 is 9.05 Å². The Labute approximate surface area is 114 Å². The molecule has 4 heteroatoms. The highest BCUT2D eigenvalue weighted by Crippen LogP contribution is 2.36. The van der Waals surface area contributed by atoms with Crippen LogP contribution in [0.4, 0.5) is 0 Å². The maximum atomic E-state index is 9.73. The zero-order valence-electron chi connectivity index (χ0n) is 10.4. The third-order valence-electron chi connectivity index (χ3n) is 2.41. The highest BCUT2D eigenvalue weighted by molar-refractivity contribution is 7.41. The number of para-hydroxylation sites is 1. The third kappa shape index (κ3) is 4.40. The van der Waals surface area contributed by atoms with Gasteiger partial charge in [-0.1, -0.05) is 36.4 Å². The van der Waals surface area contributed by atoms with E-state index in [0.29, 0.717) is 11.5 Å². The van der Waals surface area contributed by atoms with E-state index in [1.54, 1.807) is 24.3 Å². The van der Waals surface area contributed by atoms with E-state index in [9.17, 15) is 4.89 Å². The summed E-state index contributed by atoms with van der Waals surface area (Å²) in [7, 11) is -1.97. The van der Waals surface area contributed by atoms with Gasteiger partial charge in [0.05, 0.1) is 0 Å². The van der Waals surface area contributed by atoms with Crippen LogP contribution in [0, 0.1) is 0 Å². The van der Waals surface area contributed by atoms with Crippen molar-refractivity contribution in [2.75, 3.05) is 0 Å². The Hall–Kier alpha value is -1.83.